The maximum atomic E-state index is 12.6. The molecule has 3 N–H and O–H groups in total. The van der Waals surface area contributed by atoms with Gasteiger partial charge < -0.3 is 20.2 Å². The van der Waals surface area contributed by atoms with Gasteiger partial charge >= 0.3 is 5.69 Å². The van der Waals surface area contributed by atoms with E-state index in [-0.39, 0.29) is 17.5 Å². The zero-order chi connectivity index (χ0) is 17.2. The lowest BCUT2D eigenvalue weighted by molar-refractivity contribution is -0.120. The second-order valence-corrected chi connectivity index (χ2v) is 6.16. The van der Waals surface area contributed by atoms with E-state index in [1.54, 1.807) is 36.7 Å². The number of anilines is 2. The van der Waals surface area contributed by atoms with Crippen molar-refractivity contribution in [2.24, 2.45) is 5.92 Å². The van der Waals surface area contributed by atoms with Crippen LogP contribution in [0, 0.1) is 5.92 Å². The van der Waals surface area contributed by atoms with Crippen molar-refractivity contribution < 1.29 is 4.79 Å². The molecular formula is C17H18N6O2. The number of H-pyrrole nitrogens is 2. The van der Waals surface area contributed by atoms with Gasteiger partial charge in [0.1, 0.15) is 0 Å². The molecule has 1 amide bonds. The van der Waals surface area contributed by atoms with E-state index in [1.165, 1.54) is 0 Å². The zero-order valence-electron chi connectivity index (χ0n) is 13.5. The van der Waals surface area contributed by atoms with E-state index >= 15 is 0 Å². The number of carbonyl (C=O) groups is 1. The summed E-state index contributed by atoms with van der Waals surface area (Å²) in [5.41, 5.74) is 1.80. The number of benzene rings is 1. The second kappa shape index (κ2) is 6.39. The van der Waals surface area contributed by atoms with Crippen LogP contribution in [0.5, 0.6) is 0 Å². The fourth-order valence-corrected chi connectivity index (χ4v) is 3.18. The molecule has 1 saturated heterocycles. The molecule has 1 aliphatic heterocycles. The highest BCUT2D eigenvalue weighted by molar-refractivity contribution is 5.94. The number of hydrogen-bond acceptors (Lipinski definition) is 5. The maximum Gasteiger partial charge on any atom is 0.323 e. The van der Waals surface area contributed by atoms with Gasteiger partial charge in [0.2, 0.25) is 11.9 Å². The van der Waals surface area contributed by atoms with E-state index in [0.29, 0.717) is 29.2 Å². The minimum Gasteiger partial charge on any atom is -0.340 e. The maximum absolute atomic E-state index is 12.6. The minimum absolute atomic E-state index is 0.0298. The summed E-state index contributed by atoms with van der Waals surface area (Å²) in [5.74, 6) is 0.503. The summed E-state index contributed by atoms with van der Waals surface area (Å²) < 4.78 is 0. The number of aromatic nitrogens is 4. The van der Waals surface area contributed by atoms with Gasteiger partial charge in [0.15, 0.2) is 0 Å². The van der Waals surface area contributed by atoms with Crippen LogP contribution >= 0.6 is 0 Å². The highest BCUT2D eigenvalue weighted by atomic mass is 16.2. The Kier molecular flexibility index (Phi) is 3.93. The minimum atomic E-state index is -0.260. The molecule has 3 heterocycles. The summed E-state index contributed by atoms with van der Waals surface area (Å²) in [6.45, 7) is 1.45. The number of nitrogens with zero attached hydrogens (tertiary/aromatic N) is 3. The number of amides is 1. The molecule has 8 nitrogen and oxygen atoms in total. The Morgan fingerprint density at radius 3 is 2.84 bits per heavy atom. The van der Waals surface area contributed by atoms with E-state index in [2.05, 4.69) is 25.3 Å². The van der Waals surface area contributed by atoms with Gasteiger partial charge in [-0.15, -0.1) is 0 Å². The number of carbonyl (C=O) groups excluding carboxylic acids is 1. The predicted molar refractivity (Wildman–Crippen MR) is 94.5 cm³/mol. The lowest BCUT2D eigenvalue weighted by atomic mass is 9.97. The first-order valence-corrected chi connectivity index (χ1v) is 8.24. The van der Waals surface area contributed by atoms with Crippen LogP contribution < -0.4 is 15.9 Å². The second-order valence-electron chi connectivity index (χ2n) is 6.16. The van der Waals surface area contributed by atoms with Gasteiger partial charge in [0.05, 0.1) is 17.0 Å². The van der Waals surface area contributed by atoms with Crippen LogP contribution in [-0.2, 0) is 4.79 Å². The Morgan fingerprint density at radius 1 is 1.20 bits per heavy atom. The average Bonchev–Trinajstić information content (AvgIpc) is 3.02. The number of aromatic amines is 2. The topological polar surface area (TPSA) is 107 Å². The lowest BCUT2D eigenvalue weighted by Gasteiger charge is -2.31. The SMILES string of the molecule is O=C(Nc1ccc2[nH]c(=O)[nH]c2c1)C1CCCN(c2ncccn2)C1. The number of fused-ring (bicyclic) bond motifs is 1. The van der Waals surface area contributed by atoms with Crippen LogP contribution in [0.4, 0.5) is 11.6 Å². The van der Waals surface area contributed by atoms with Crippen molar-refractivity contribution in [3.05, 3.63) is 47.1 Å². The van der Waals surface area contributed by atoms with E-state index in [0.717, 1.165) is 19.4 Å². The Labute approximate surface area is 143 Å². The molecule has 1 aliphatic rings. The predicted octanol–water partition coefficient (Wildman–Crippen LogP) is 1.50. The van der Waals surface area contributed by atoms with Crippen LogP contribution in [0.15, 0.2) is 41.5 Å². The van der Waals surface area contributed by atoms with Gasteiger partial charge in [-0.1, -0.05) is 0 Å². The van der Waals surface area contributed by atoms with Crippen molar-refractivity contribution in [3.63, 3.8) is 0 Å². The van der Waals surface area contributed by atoms with Crippen molar-refractivity contribution in [2.45, 2.75) is 12.8 Å². The number of nitrogens with one attached hydrogen (secondary N) is 3. The Morgan fingerprint density at radius 2 is 2.00 bits per heavy atom. The van der Waals surface area contributed by atoms with Crippen molar-refractivity contribution in [3.8, 4) is 0 Å². The average molecular weight is 338 g/mol. The lowest BCUT2D eigenvalue weighted by Crippen LogP contribution is -2.41. The van der Waals surface area contributed by atoms with Crippen LogP contribution in [0.3, 0.4) is 0 Å². The summed E-state index contributed by atoms with van der Waals surface area (Å²) in [6, 6.07) is 7.09. The van der Waals surface area contributed by atoms with Gasteiger partial charge in [-0.2, -0.15) is 0 Å². The van der Waals surface area contributed by atoms with Gasteiger partial charge in [-0.05, 0) is 37.1 Å². The molecule has 25 heavy (non-hydrogen) atoms. The van der Waals surface area contributed by atoms with Crippen LogP contribution in [0.25, 0.3) is 11.0 Å². The first-order chi connectivity index (χ1) is 12.2. The quantitative estimate of drug-likeness (QED) is 0.671. The van der Waals surface area contributed by atoms with Crippen molar-refractivity contribution in [1.29, 1.82) is 0 Å². The highest BCUT2D eigenvalue weighted by Gasteiger charge is 2.27. The molecule has 4 rings (SSSR count). The molecule has 0 radical (unpaired) electrons. The van der Waals surface area contributed by atoms with Crippen molar-refractivity contribution in [1.82, 2.24) is 19.9 Å². The normalized spacial score (nSPS) is 17.6. The number of piperidine rings is 1. The molecule has 1 unspecified atom stereocenters. The molecule has 8 heteroatoms. The third-order valence-corrected chi connectivity index (χ3v) is 4.41. The van der Waals surface area contributed by atoms with E-state index in [1.807, 2.05) is 4.90 Å². The molecule has 0 bridgehead atoms. The molecule has 0 saturated carbocycles. The van der Waals surface area contributed by atoms with Crippen LogP contribution in [0.2, 0.25) is 0 Å². The molecule has 1 fully saturated rings. The van der Waals surface area contributed by atoms with Crippen molar-refractivity contribution in [2.75, 3.05) is 23.3 Å². The third-order valence-electron chi connectivity index (χ3n) is 4.41. The molecule has 1 aromatic carbocycles. The molecule has 1 atom stereocenters. The third kappa shape index (κ3) is 3.23. The highest BCUT2D eigenvalue weighted by Crippen LogP contribution is 2.22. The summed E-state index contributed by atoms with van der Waals surface area (Å²) in [4.78, 5) is 39.9. The van der Waals surface area contributed by atoms with E-state index < -0.39 is 0 Å². The number of hydrogen-bond donors (Lipinski definition) is 3. The Hall–Kier alpha value is -3.16. The van der Waals surface area contributed by atoms with Crippen LogP contribution in [0.1, 0.15) is 12.8 Å². The first-order valence-electron chi connectivity index (χ1n) is 8.24. The van der Waals surface area contributed by atoms with Crippen LogP contribution in [-0.4, -0.2) is 38.9 Å². The fraction of sp³-hybridized carbons (Fsp3) is 0.294. The number of imidazole rings is 1. The smallest absolute Gasteiger partial charge is 0.323 e. The largest absolute Gasteiger partial charge is 0.340 e. The number of rotatable bonds is 3. The monoisotopic (exact) mass is 338 g/mol. The van der Waals surface area contributed by atoms with Gasteiger partial charge in [0, 0.05) is 31.2 Å². The molecule has 0 spiro atoms. The molecule has 2 aromatic heterocycles. The summed E-state index contributed by atoms with van der Waals surface area (Å²) in [7, 11) is 0. The van der Waals surface area contributed by atoms with Gasteiger partial charge in [-0.25, -0.2) is 14.8 Å². The Balaban J connectivity index is 1.47. The zero-order valence-corrected chi connectivity index (χ0v) is 13.5. The standard InChI is InChI=1S/C17H18N6O2/c24-15(20-12-4-5-13-14(9-12)22-17(25)21-13)11-3-1-8-23(10-11)16-18-6-2-7-19-16/h2,4-7,9,11H,1,3,8,10H2,(H,20,24)(H2,21,22,25). The summed E-state index contributed by atoms with van der Waals surface area (Å²) >= 11 is 0. The molecule has 3 aromatic rings. The van der Waals surface area contributed by atoms with Gasteiger partial charge in [0.25, 0.3) is 0 Å². The van der Waals surface area contributed by atoms with E-state index in [4.69, 9.17) is 0 Å². The first kappa shape index (κ1) is 15.4. The Bertz CT molecular complexity index is 948. The van der Waals surface area contributed by atoms with Crippen molar-refractivity contribution >= 4 is 28.6 Å². The molecule has 0 aliphatic carbocycles. The van der Waals surface area contributed by atoms with E-state index in [9.17, 15) is 9.59 Å². The fourth-order valence-electron chi connectivity index (χ4n) is 3.18. The summed E-state index contributed by atoms with van der Waals surface area (Å²) in [6.07, 6.45) is 5.16. The van der Waals surface area contributed by atoms with Gasteiger partial charge in [-0.3, -0.25) is 4.79 Å². The molecule has 128 valence electrons. The summed E-state index contributed by atoms with van der Waals surface area (Å²) in [5, 5.41) is 2.94. The molecular weight excluding hydrogens is 320 g/mol.